The fraction of sp³-hybridized carbons (Fsp3) is 0.440. The molecule has 0 saturated carbocycles. The first-order valence-electron chi connectivity index (χ1n) is 11.5. The lowest BCUT2D eigenvalue weighted by molar-refractivity contribution is -0.115. The largest absolute Gasteiger partial charge is 0.492 e. The first kappa shape index (κ1) is 22.9. The third kappa shape index (κ3) is 5.57. The highest BCUT2D eigenvalue weighted by Crippen LogP contribution is 2.35. The number of rotatable bonds is 8. The highest BCUT2D eigenvalue weighted by Gasteiger charge is 2.17. The smallest absolute Gasteiger partial charge is 0.230 e. The Morgan fingerprint density at radius 2 is 1.82 bits per heavy atom. The molecule has 1 saturated heterocycles. The van der Waals surface area contributed by atoms with Crippen LogP contribution in [-0.4, -0.2) is 56.8 Å². The van der Waals surface area contributed by atoms with Gasteiger partial charge >= 0.3 is 0 Å². The van der Waals surface area contributed by atoms with E-state index < -0.39 is 0 Å². The number of carbonyl (C=O) groups is 1. The minimum Gasteiger partial charge on any atom is -0.492 e. The van der Waals surface area contributed by atoms with Crippen LogP contribution in [0, 0.1) is 20.8 Å². The Bertz CT molecular complexity index is 1090. The monoisotopic (exact) mass is 448 g/mol. The summed E-state index contributed by atoms with van der Waals surface area (Å²) in [6, 6.07) is 7.68. The summed E-state index contributed by atoms with van der Waals surface area (Å²) in [7, 11) is 1.87. The van der Waals surface area contributed by atoms with Gasteiger partial charge in [0.15, 0.2) is 0 Å². The van der Waals surface area contributed by atoms with Crippen molar-refractivity contribution in [2.24, 2.45) is 7.05 Å². The number of carbonyl (C=O) groups excluding carboxylic acids is 1. The highest BCUT2D eigenvalue weighted by atomic mass is 16.5. The van der Waals surface area contributed by atoms with Gasteiger partial charge in [0.25, 0.3) is 0 Å². The van der Waals surface area contributed by atoms with Crippen molar-refractivity contribution in [1.29, 1.82) is 0 Å². The van der Waals surface area contributed by atoms with Gasteiger partial charge < -0.3 is 10.1 Å². The second-order valence-corrected chi connectivity index (χ2v) is 8.65. The fourth-order valence-corrected chi connectivity index (χ4v) is 4.29. The lowest BCUT2D eigenvalue weighted by Gasteiger charge is -2.18. The minimum atomic E-state index is -0.112. The Morgan fingerprint density at radius 1 is 1.09 bits per heavy atom. The van der Waals surface area contributed by atoms with Crippen LogP contribution in [0.3, 0.4) is 0 Å². The molecule has 1 amide bonds. The fourth-order valence-electron chi connectivity index (χ4n) is 4.29. The molecule has 3 heterocycles. The zero-order chi connectivity index (χ0) is 23.4. The van der Waals surface area contributed by atoms with E-state index in [1.165, 1.54) is 12.8 Å². The molecule has 0 atom stereocenters. The van der Waals surface area contributed by atoms with E-state index in [-0.39, 0.29) is 12.3 Å². The van der Waals surface area contributed by atoms with Gasteiger partial charge in [-0.1, -0.05) is 0 Å². The van der Waals surface area contributed by atoms with Crippen molar-refractivity contribution in [2.75, 3.05) is 31.6 Å². The number of nitrogens with one attached hydrogen (secondary N) is 1. The average Bonchev–Trinajstić information content (AvgIpc) is 3.39. The van der Waals surface area contributed by atoms with E-state index in [0.717, 1.165) is 59.3 Å². The van der Waals surface area contributed by atoms with Crippen LogP contribution in [0.2, 0.25) is 0 Å². The summed E-state index contributed by atoms with van der Waals surface area (Å²) >= 11 is 0. The minimum absolute atomic E-state index is 0.112. The van der Waals surface area contributed by atoms with E-state index in [1.807, 2.05) is 52.1 Å². The standard InChI is InChI=1S/C25H32N6O2/c1-17-13-21(29-30(17)4)15-24(32)28-20-7-8-23(33-12-11-31-9-5-6-10-31)22(14-20)25-18(2)26-16-27-19(25)3/h7-8,13-14,16H,5-6,9-12,15H2,1-4H3,(H,28,32). The van der Waals surface area contributed by atoms with Crippen molar-refractivity contribution in [3.63, 3.8) is 0 Å². The van der Waals surface area contributed by atoms with Crippen molar-refractivity contribution < 1.29 is 9.53 Å². The number of hydrogen-bond donors (Lipinski definition) is 1. The molecular weight excluding hydrogens is 416 g/mol. The van der Waals surface area contributed by atoms with Crippen LogP contribution in [-0.2, 0) is 18.3 Å². The number of aryl methyl sites for hydroxylation is 4. The SMILES string of the molecule is Cc1ncnc(C)c1-c1cc(NC(=O)Cc2cc(C)n(C)n2)ccc1OCCN1CCCC1. The van der Waals surface area contributed by atoms with Gasteiger partial charge in [-0.05, 0) is 71.0 Å². The molecule has 0 unspecified atom stereocenters. The summed E-state index contributed by atoms with van der Waals surface area (Å²) in [6.07, 6.45) is 4.31. The molecule has 1 aliphatic rings. The van der Waals surface area contributed by atoms with Crippen LogP contribution in [0.4, 0.5) is 5.69 Å². The van der Waals surface area contributed by atoms with Gasteiger partial charge in [-0.3, -0.25) is 14.4 Å². The van der Waals surface area contributed by atoms with E-state index in [4.69, 9.17) is 4.74 Å². The molecule has 1 aromatic carbocycles. The Morgan fingerprint density at radius 3 is 2.48 bits per heavy atom. The molecule has 0 radical (unpaired) electrons. The number of likely N-dealkylation sites (tertiary alicyclic amines) is 1. The first-order chi connectivity index (χ1) is 15.9. The Hall–Kier alpha value is -3.26. The second kappa shape index (κ2) is 10.1. The molecule has 0 aliphatic carbocycles. The van der Waals surface area contributed by atoms with Crippen LogP contribution in [0.15, 0.2) is 30.6 Å². The number of benzene rings is 1. The van der Waals surface area contributed by atoms with Gasteiger partial charge in [0.1, 0.15) is 18.7 Å². The van der Waals surface area contributed by atoms with Crippen LogP contribution >= 0.6 is 0 Å². The summed E-state index contributed by atoms with van der Waals surface area (Å²) in [5.41, 5.74) is 6.04. The molecule has 1 fully saturated rings. The van der Waals surface area contributed by atoms with Gasteiger partial charge in [-0.15, -0.1) is 0 Å². The predicted octanol–water partition coefficient (Wildman–Crippen LogP) is 3.46. The molecule has 1 aliphatic heterocycles. The molecule has 3 aromatic rings. The summed E-state index contributed by atoms with van der Waals surface area (Å²) in [6.45, 7) is 9.70. The maximum Gasteiger partial charge on any atom is 0.230 e. The maximum atomic E-state index is 12.7. The summed E-state index contributed by atoms with van der Waals surface area (Å²) < 4.78 is 7.99. The van der Waals surface area contributed by atoms with Crippen molar-refractivity contribution >= 4 is 11.6 Å². The van der Waals surface area contributed by atoms with Gasteiger partial charge in [0.2, 0.25) is 5.91 Å². The number of aromatic nitrogens is 4. The number of ether oxygens (including phenoxy) is 1. The number of anilines is 1. The Labute approximate surface area is 195 Å². The van der Waals surface area contributed by atoms with E-state index in [2.05, 4.69) is 25.3 Å². The topological polar surface area (TPSA) is 85.2 Å². The van der Waals surface area contributed by atoms with Gasteiger partial charge in [0, 0.05) is 47.5 Å². The highest BCUT2D eigenvalue weighted by molar-refractivity contribution is 5.93. The zero-order valence-electron chi connectivity index (χ0n) is 19.9. The molecule has 1 N–H and O–H groups in total. The summed E-state index contributed by atoms with van der Waals surface area (Å²) in [5, 5.41) is 7.38. The summed E-state index contributed by atoms with van der Waals surface area (Å²) in [5.74, 6) is 0.660. The Balaban J connectivity index is 1.55. The van der Waals surface area contributed by atoms with E-state index in [9.17, 15) is 4.79 Å². The molecule has 174 valence electrons. The van der Waals surface area contributed by atoms with Crippen molar-refractivity contribution in [2.45, 2.75) is 40.0 Å². The normalized spacial score (nSPS) is 13.9. The van der Waals surface area contributed by atoms with Gasteiger partial charge in [0.05, 0.1) is 12.1 Å². The van der Waals surface area contributed by atoms with E-state index in [0.29, 0.717) is 12.3 Å². The third-order valence-electron chi connectivity index (χ3n) is 6.13. The third-order valence-corrected chi connectivity index (χ3v) is 6.13. The lowest BCUT2D eigenvalue weighted by Crippen LogP contribution is -2.25. The molecule has 2 aromatic heterocycles. The van der Waals surface area contributed by atoms with Crippen molar-refractivity contribution in [3.8, 4) is 16.9 Å². The van der Waals surface area contributed by atoms with Gasteiger partial charge in [-0.25, -0.2) is 9.97 Å². The van der Waals surface area contributed by atoms with Crippen LogP contribution in [0.5, 0.6) is 5.75 Å². The molecule has 0 spiro atoms. The molecule has 8 heteroatoms. The van der Waals surface area contributed by atoms with E-state index >= 15 is 0 Å². The van der Waals surface area contributed by atoms with Crippen LogP contribution < -0.4 is 10.1 Å². The average molecular weight is 449 g/mol. The first-order valence-corrected chi connectivity index (χ1v) is 11.5. The van der Waals surface area contributed by atoms with Gasteiger partial charge in [-0.2, -0.15) is 5.10 Å². The number of hydrogen-bond acceptors (Lipinski definition) is 6. The van der Waals surface area contributed by atoms with Crippen LogP contribution in [0.25, 0.3) is 11.1 Å². The molecule has 4 rings (SSSR count). The van der Waals surface area contributed by atoms with Crippen LogP contribution in [0.1, 0.15) is 35.6 Å². The quantitative estimate of drug-likeness (QED) is 0.568. The molecular formula is C25H32N6O2. The summed E-state index contributed by atoms with van der Waals surface area (Å²) in [4.78, 5) is 23.9. The zero-order valence-corrected chi connectivity index (χ0v) is 19.9. The number of amides is 1. The molecule has 0 bridgehead atoms. The maximum absolute atomic E-state index is 12.7. The predicted molar refractivity (Wildman–Crippen MR) is 128 cm³/mol. The van der Waals surface area contributed by atoms with Crippen molar-refractivity contribution in [1.82, 2.24) is 24.6 Å². The van der Waals surface area contributed by atoms with E-state index in [1.54, 1.807) is 11.0 Å². The lowest BCUT2D eigenvalue weighted by atomic mass is 10.0. The number of nitrogens with zero attached hydrogens (tertiary/aromatic N) is 5. The molecule has 33 heavy (non-hydrogen) atoms. The molecule has 8 nitrogen and oxygen atoms in total. The Kier molecular flexibility index (Phi) is 7.03. The van der Waals surface area contributed by atoms with Crippen molar-refractivity contribution in [3.05, 3.63) is 53.4 Å². The second-order valence-electron chi connectivity index (χ2n) is 8.65.